The number of hydrogen-bond donors (Lipinski definition) is 1. The van der Waals surface area contributed by atoms with E-state index in [0.29, 0.717) is 23.6 Å². The number of carbonyl (C=O) groups excluding carboxylic acids is 1. The van der Waals surface area contributed by atoms with E-state index in [1.165, 1.54) is 25.7 Å². The van der Waals surface area contributed by atoms with Crippen LogP contribution in [0.15, 0.2) is 60.8 Å². The molecule has 1 saturated carbocycles. The van der Waals surface area contributed by atoms with E-state index in [0.717, 1.165) is 24.0 Å². The molecule has 0 bridgehead atoms. The molecule has 1 aromatic heterocycles. The van der Waals surface area contributed by atoms with E-state index in [1.807, 2.05) is 53.3 Å². The fourth-order valence-electron chi connectivity index (χ4n) is 4.17. The van der Waals surface area contributed by atoms with Gasteiger partial charge in [-0.05, 0) is 30.5 Å². The molecule has 1 fully saturated rings. The third-order valence-corrected chi connectivity index (χ3v) is 5.75. The zero-order chi connectivity index (χ0) is 20.8. The van der Waals surface area contributed by atoms with Crippen molar-refractivity contribution in [3.8, 4) is 17.0 Å². The van der Waals surface area contributed by atoms with E-state index in [1.54, 1.807) is 7.11 Å². The first-order chi connectivity index (χ1) is 14.7. The molecular formula is C25H29N3O2. The molecule has 0 atom stereocenters. The zero-order valence-corrected chi connectivity index (χ0v) is 17.5. The Morgan fingerprint density at radius 1 is 1.03 bits per heavy atom. The van der Waals surface area contributed by atoms with Gasteiger partial charge >= 0.3 is 0 Å². The number of para-hydroxylation sites is 1. The molecule has 1 heterocycles. The fourth-order valence-corrected chi connectivity index (χ4v) is 4.17. The summed E-state index contributed by atoms with van der Waals surface area (Å²) < 4.78 is 7.39. The zero-order valence-electron chi connectivity index (χ0n) is 17.5. The van der Waals surface area contributed by atoms with Gasteiger partial charge in [0.2, 0.25) is 0 Å². The second kappa shape index (κ2) is 9.61. The lowest BCUT2D eigenvalue weighted by Crippen LogP contribution is -2.34. The lowest BCUT2D eigenvalue weighted by Gasteiger charge is -2.16. The Morgan fingerprint density at radius 3 is 2.47 bits per heavy atom. The standard InChI is InChI=1S/C25H29N3O2/c1-30-23-16-10-9-15-21(23)24-22(25(29)26-20-13-7-2-3-8-14-20)18-28(27-24)17-19-11-5-4-6-12-19/h4-6,9-12,15-16,18,20H,2-3,7-8,13-14,17H2,1H3,(H,26,29). The molecule has 5 heteroatoms. The number of nitrogens with one attached hydrogen (secondary N) is 1. The minimum Gasteiger partial charge on any atom is -0.496 e. The normalized spacial score (nSPS) is 14.8. The Labute approximate surface area is 178 Å². The SMILES string of the molecule is COc1ccccc1-c1nn(Cc2ccccc2)cc1C(=O)NC1CCCCCC1. The molecular weight excluding hydrogens is 374 g/mol. The van der Waals surface area contributed by atoms with Crippen LogP contribution in [0.4, 0.5) is 0 Å². The molecule has 0 aliphatic heterocycles. The summed E-state index contributed by atoms with van der Waals surface area (Å²) in [5.74, 6) is 0.660. The van der Waals surface area contributed by atoms with Crippen LogP contribution in [0, 0.1) is 0 Å². The monoisotopic (exact) mass is 403 g/mol. The Hall–Kier alpha value is -3.08. The first-order valence-corrected chi connectivity index (χ1v) is 10.8. The molecule has 0 unspecified atom stereocenters. The number of ether oxygens (including phenoxy) is 1. The summed E-state index contributed by atoms with van der Waals surface area (Å²) in [6.45, 7) is 0.611. The van der Waals surface area contributed by atoms with Crippen molar-refractivity contribution in [2.75, 3.05) is 7.11 Å². The summed E-state index contributed by atoms with van der Waals surface area (Å²) >= 11 is 0. The number of aromatic nitrogens is 2. The van der Waals surface area contributed by atoms with Gasteiger partial charge in [-0.3, -0.25) is 9.48 Å². The van der Waals surface area contributed by atoms with Gasteiger partial charge in [-0.2, -0.15) is 5.10 Å². The Morgan fingerprint density at radius 2 is 1.73 bits per heavy atom. The van der Waals surface area contributed by atoms with Crippen LogP contribution in [0.25, 0.3) is 11.3 Å². The van der Waals surface area contributed by atoms with Gasteiger partial charge in [0.05, 0.1) is 19.2 Å². The van der Waals surface area contributed by atoms with Gasteiger partial charge in [-0.1, -0.05) is 68.1 Å². The first-order valence-electron chi connectivity index (χ1n) is 10.8. The maximum Gasteiger partial charge on any atom is 0.255 e. The van der Waals surface area contributed by atoms with E-state index >= 15 is 0 Å². The van der Waals surface area contributed by atoms with E-state index < -0.39 is 0 Å². The fraction of sp³-hybridized carbons (Fsp3) is 0.360. The predicted molar refractivity (Wildman–Crippen MR) is 119 cm³/mol. The smallest absolute Gasteiger partial charge is 0.255 e. The number of hydrogen-bond acceptors (Lipinski definition) is 3. The van der Waals surface area contributed by atoms with Gasteiger partial charge in [-0.25, -0.2) is 0 Å². The third kappa shape index (κ3) is 4.73. The number of benzene rings is 2. The molecule has 0 spiro atoms. The van der Waals surface area contributed by atoms with Gasteiger partial charge in [0.1, 0.15) is 11.4 Å². The van der Waals surface area contributed by atoms with Crippen LogP contribution in [-0.2, 0) is 6.54 Å². The maximum atomic E-state index is 13.3. The second-order valence-corrected chi connectivity index (χ2v) is 7.94. The minimum atomic E-state index is -0.0536. The van der Waals surface area contributed by atoms with Crippen molar-refractivity contribution in [3.63, 3.8) is 0 Å². The minimum absolute atomic E-state index is 0.0536. The highest BCUT2D eigenvalue weighted by Gasteiger charge is 2.23. The number of methoxy groups -OCH3 is 1. The van der Waals surface area contributed by atoms with Gasteiger partial charge < -0.3 is 10.1 Å². The van der Waals surface area contributed by atoms with Crippen LogP contribution in [0.3, 0.4) is 0 Å². The molecule has 3 aromatic rings. The van der Waals surface area contributed by atoms with Gasteiger partial charge in [0.15, 0.2) is 0 Å². The van der Waals surface area contributed by atoms with E-state index in [2.05, 4.69) is 17.4 Å². The first kappa shape index (κ1) is 20.2. The molecule has 1 aliphatic rings. The third-order valence-electron chi connectivity index (χ3n) is 5.75. The molecule has 1 aliphatic carbocycles. The molecule has 1 amide bonds. The van der Waals surface area contributed by atoms with Crippen molar-refractivity contribution in [2.45, 2.75) is 51.1 Å². The Kier molecular flexibility index (Phi) is 6.47. The number of nitrogens with zero attached hydrogens (tertiary/aromatic N) is 2. The average Bonchev–Trinajstić information content (AvgIpc) is 3.02. The molecule has 0 saturated heterocycles. The van der Waals surface area contributed by atoms with Crippen molar-refractivity contribution in [1.82, 2.24) is 15.1 Å². The highest BCUT2D eigenvalue weighted by atomic mass is 16.5. The highest BCUT2D eigenvalue weighted by molar-refractivity contribution is 6.00. The highest BCUT2D eigenvalue weighted by Crippen LogP contribution is 2.31. The molecule has 0 radical (unpaired) electrons. The second-order valence-electron chi connectivity index (χ2n) is 7.94. The van der Waals surface area contributed by atoms with Crippen molar-refractivity contribution in [2.24, 2.45) is 0 Å². The number of carbonyl (C=O) groups is 1. The van der Waals surface area contributed by atoms with Crippen LogP contribution >= 0.6 is 0 Å². The van der Waals surface area contributed by atoms with E-state index in [9.17, 15) is 4.79 Å². The van der Waals surface area contributed by atoms with Gasteiger partial charge in [0, 0.05) is 17.8 Å². The summed E-state index contributed by atoms with van der Waals surface area (Å²) in [6.07, 6.45) is 8.83. The van der Waals surface area contributed by atoms with Crippen LogP contribution in [0.5, 0.6) is 5.75 Å². The summed E-state index contributed by atoms with van der Waals surface area (Å²) in [6, 6.07) is 18.1. The van der Waals surface area contributed by atoms with Crippen molar-refractivity contribution in [3.05, 3.63) is 71.9 Å². The molecule has 4 rings (SSSR count). The average molecular weight is 404 g/mol. The van der Waals surface area contributed by atoms with Crippen LogP contribution in [-0.4, -0.2) is 28.8 Å². The summed E-state index contributed by atoms with van der Waals surface area (Å²) in [4.78, 5) is 13.3. The summed E-state index contributed by atoms with van der Waals surface area (Å²) in [5.41, 5.74) is 3.23. The van der Waals surface area contributed by atoms with Crippen LogP contribution < -0.4 is 10.1 Å². The van der Waals surface area contributed by atoms with E-state index in [4.69, 9.17) is 9.84 Å². The quantitative estimate of drug-likeness (QED) is 0.585. The Bertz CT molecular complexity index is 973. The lowest BCUT2D eigenvalue weighted by molar-refractivity contribution is 0.0934. The van der Waals surface area contributed by atoms with Crippen molar-refractivity contribution in [1.29, 1.82) is 0 Å². The molecule has 1 N–H and O–H groups in total. The van der Waals surface area contributed by atoms with Gasteiger partial charge in [-0.15, -0.1) is 0 Å². The Balaban J connectivity index is 1.66. The predicted octanol–water partition coefficient (Wildman–Crippen LogP) is 5.06. The lowest BCUT2D eigenvalue weighted by atomic mass is 10.0. The van der Waals surface area contributed by atoms with Crippen LogP contribution in [0.1, 0.15) is 54.4 Å². The van der Waals surface area contributed by atoms with Crippen molar-refractivity contribution < 1.29 is 9.53 Å². The molecule has 30 heavy (non-hydrogen) atoms. The topological polar surface area (TPSA) is 56.2 Å². The van der Waals surface area contributed by atoms with Gasteiger partial charge in [0.25, 0.3) is 5.91 Å². The van der Waals surface area contributed by atoms with Crippen LogP contribution in [0.2, 0.25) is 0 Å². The largest absolute Gasteiger partial charge is 0.496 e. The summed E-state index contributed by atoms with van der Waals surface area (Å²) in [5, 5.41) is 8.06. The van der Waals surface area contributed by atoms with Crippen molar-refractivity contribution >= 4 is 5.91 Å². The molecule has 2 aromatic carbocycles. The number of amides is 1. The molecule has 156 valence electrons. The van der Waals surface area contributed by atoms with E-state index in [-0.39, 0.29) is 11.9 Å². The molecule has 5 nitrogen and oxygen atoms in total. The number of rotatable bonds is 6. The summed E-state index contributed by atoms with van der Waals surface area (Å²) in [7, 11) is 1.64. The maximum absolute atomic E-state index is 13.3.